The molecular weight excluding hydrogens is 494 g/mol. The first-order valence-electron chi connectivity index (χ1n) is 11.7. The summed E-state index contributed by atoms with van der Waals surface area (Å²) in [4.78, 5) is 63.4. The van der Waals surface area contributed by atoms with E-state index in [0.29, 0.717) is 37.6 Å². The number of nitro benzene ring substituents is 1. The van der Waals surface area contributed by atoms with E-state index >= 15 is 0 Å². The van der Waals surface area contributed by atoms with Crippen molar-refractivity contribution in [1.29, 1.82) is 0 Å². The molecule has 0 unspecified atom stereocenters. The molecule has 3 aromatic rings. The van der Waals surface area contributed by atoms with Crippen molar-refractivity contribution in [3.8, 4) is 0 Å². The minimum absolute atomic E-state index is 0.0712. The second-order valence-electron chi connectivity index (χ2n) is 8.65. The number of carbonyl (C=O) groups excluding carboxylic acids is 4. The van der Waals surface area contributed by atoms with E-state index in [-0.39, 0.29) is 45.2 Å². The molecule has 1 fully saturated rings. The van der Waals surface area contributed by atoms with E-state index in [1.165, 1.54) is 30.3 Å². The summed E-state index contributed by atoms with van der Waals surface area (Å²) in [5, 5.41) is 14.1. The smallest absolute Gasteiger partial charge is 0.338 e. The van der Waals surface area contributed by atoms with Gasteiger partial charge in [-0.2, -0.15) is 0 Å². The number of amides is 1. The Balaban J connectivity index is 1.24. The lowest BCUT2D eigenvalue weighted by Crippen LogP contribution is -2.36. The summed E-state index contributed by atoms with van der Waals surface area (Å²) in [6.45, 7) is 1.19. The number of ether oxygens (including phenoxy) is 2. The number of benzene rings is 3. The fourth-order valence-electron chi connectivity index (χ4n) is 4.46. The van der Waals surface area contributed by atoms with Crippen molar-refractivity contribution < 1.29 is 33.6 Å². The van der Waals surface area contributed by atoms with Crippen LogP contribution in [-0.4, -0.2) is 61.3 Å². The van der Waals surface area contributed by atoms with Gasteiger partial charge in [0.15, 0.2) is 18.2 Å². The monoisotopic (exact) mass is 515 g/mol. The molecule has 1 saturated heterocycles. The maximum atomic E-state index is 12.9. The first kappa shape index (κ1) is 24.8. The molecule has 1 aliphatic heterocycles. The first-order valence-corrected chi connectivity index (χ1v) is 11.7. The van der Waals surface area contributed by atoms with Crippen LogP contribution in [0.5, 0.6) is 0 Å². The summed E-state index contributed by atoms with van der Waals surface area (Å²) in [6.07, 6.45) is 0. The van der Waals surface area contributed by atoms with Crippen molar-refractivity contribution >= 4 is 40.5 Å². The summed E-state index contributed by atoms with van der Waals surface area (Å²) >= 11 is 0. The van der Waals surface area contributed by atoms with Gasteiger partial charge >= 0.3 is 5.97 Å². The predicted molar refractivity (Wildman–Crippen MR) is 135 cm³/mol. The lowest BCUT2D eigenvalue weighted by atomic mass is 9.84. The molecule has 0 aromatic heterocycles. The van der Waals surface area contributed by atoms with Crippen LogP contribution in [0.1, 0.15) is 42.2 Å². The normalized spacial score (nSPS) is 14.4. The van der Waals surface area contributed by atoms with Gasteiger partial charge in [0.25, 0.3) is 11.6 Å². The van der Waals surface area contributed by atoms with E-state index < -0.39 is 23.4 Å². The molecule has 1 amide bonds. The highest BCUT2D eigenvalue weighted by atomic mass is 16.6. The van der Waals surface area contributed by atoms with E-state index in [4.69, 9.17) is 9.47 Å². The Morgan fingerprint density at radius 2 is 1.58 bits per heavy atom. The van der Waals surface area contributed by atoms with Crippen LogP contribution in [-0.2, 0) is 14.3 Å². The summed E-state index contributed by atoms with van der Waals surface area (Å²) in [6, 6.07) is 14.9. The van der Waals surface area contributed by atoms with Crippen molar-refractivity contribution in [3.63, 3.8) is 0 Å². The minimum atomic E-state index is -0.903. The Kier molecular flexibility index (Phi) is 6.67. The Morgan fingerprint density at radius 1 is 0.921 bits per heavy atom. The second kappa shape index (κ2) is 10.2. The number of nitrogens with zero attached hydrogens (tertiary/aromatic N) is 2. The molecule has 2 aliphatic rings. The highest BCUT2D eigenvalue weighted by Gasteiger charge is 2.29. The van der Waals surface area contributed by atoms with Crippen LogP contribution in [0.2, 0.25) is 0 Å². The van der Waals surface area contributed by atoms with Gasteiger partial charge < -0.3 is 19.7 Å². The van der Waals surface area contributed by atoms with Gasteiger partial charge in [0.1, 0.15) is 5.69 Å². The Labute approximate surface area is 216 Å². The molecule has 0 radical (unpaired) electrons. The fraction of sp³-hybridized carbons (Fsp3) is 0.185. The van der Waals surface area contributed by atoms with Gasteiger partial charge in [0.2, 0.25) is 0 Å². The van der Waals surface area contributed by atoms with E-state index in [0.717, 1.165) is 6.07 Å². The van der Waals surface area contributed by atoms with E-state index in [1.54, 1.807) is 29.2 Å². The quantitative estimate of drug-likeness (QED) is 0.233. The third kappa shape index (κ3) is 4.74. The van der Waals surface area contributed by atoms with E-state index in [9.17, 15) is 29.3 Å². The number of rotatable bonds is 6. The molecule has 5 rings (SSSR count). The number of morpholine rings is 1. The van der Waals surface area contributed by atoms with Crippen molar-refractivity contribution in [2.24, 2.45) is 0 Å². The highest BCUT2D eigenvalue weighted by Crippen LogP contribution is 2.31. The number of ketones is 2. The first-order chi connectivity index (χ1) is 18.3. The van der Waals surface area contributed by atoms with Crippen LogP contribution in [0, 0.1) is 10.1 Å². The van der Waals surface area contributed by atoms with E-state index in [1.807, 2.05) is 0 Å². The van der Waals surface area contributed by atoms with Gasteiger partial charge in [0.05, 0.1) is 23.7 Å². The van der Waals surface area contributed by atoms with Gasteiger partial charge in [-0.25, -0.2) is 4.79 Å². The Bertz CT molecular complexity index is 1490. The topological polar surface area (TPSA) is 145 Å². The largest absolute Gasteiger partial charge is 0.452 e. The number of hydrogen-bond acceptors (Lipinski definition) is 9. The Morgan fingerprint density at radius 3 is 2.26 bits per heavy atom. The van der Waals surface area contributed by atoms with Crippen LogP contribution in [0.3, 0.4) is 0 Å². The lowest BCUT2D eigenvalue weighted by Gasteiger charge is -2.28. The highest BCUT2D eigenvalue weighted by molar-refractivity contribution is 6.28. The van der Waals surface area contributed by atoms with Gasteiger partial charge in [-0.1, -0.05) is 24.3 Å². The molecule has 192 valence electrons. The van der Waals surface area contributed by atoms with Crippen LogP contribution >= 0.6 is 0 Å². The average Bonchev–Trinajstić information content (AvgIpc) is 2.94. The van der Waals surface area contributed by atoms with E-state index in [2.05, 4.69) is 5.32 Å². The van der Waals surface area contributed by atoms with Crippen LogP contribution < -0.4 is 10.2 Å². The zero-order chi connectivity index (χ0) is 26.8. The molecule has 11 nitrogen and oxygen atoms in total. The van der Waals surface area contributed by atoms with Crippen molar-refractivity contribution in [3.05, 3.63) is 98.6 Å². The summed E-state index contributed by atoms with van der Waals surface area (Å²) < 4.78 is 10.3. The van der Waals surface area contributed by atoms with Crippen LogP contribution in [0.15, 0.2) is 60.7 Å². The van der Waals surface area contributed by atoms with Gasteiger partial charge in [0, 0.05) is 47.1 Å². The summed E-state index contributed by atoms with van der Waals surface area (Å²) in [5.41, 5.74) is 1.31. The van der Waals surface area contributed by atoms with Gasteiger partial charge in [-0.3, -0.25) is 24.5 Å². The fourth-order valence-corrected chi connectivity index (χ4v) is 4.46. The Hall–Kier alpha value is -4.90. The number of esters is 1. The van der Waals surface area contributed by atoms with Crippen LogP contribution in [0.4, 0.5) is 17.1 Å². The molecular formula is C27H21N3O8. The summed E-state index contributed by atoms with van der Waals surface area (Å²) in [7, 11) is 0. The number of anilines is 2. The molecule has 0 atom stereocenters. The average molecular weight is 515 g/mol. The van der Waals surface area contributed by atoms with Gasteiger partial charge in [-0.05, 0) is 30.3 Å². The molecule has 11 heteroatoms. The number of carbonyl (C=O) groups is 4. The maximum Gasteiger partial charge on any atom is 0.338 e. The van der Waals surface area contributed by atoms with Crippen molar-refractivity contribution in [2.45, 2.75) is 0 Å². The molecule has 3 aromatic carbocycles. The van der Waals surface area contributed by atoms with Crippen molar-refractivity contribution in [1.82, 2.24) is 0 Å². The lowest BCUT2D eigenvalue weighted by molar-refractivity contribution is -0.384. The molecule has 1 aliphatic carbocycles. The third-order valence-electron chi connectivity index (χ3n) is 6.30. The number of hydrogen-bond donors (Lipinski definition) is 1. The maximum absolute atomic E-state index is 12.9. The zero-order valence-corrected chi connectivity index (χ0v) is 20.0. The standard InChI is InChI=1S/C27H21N3O8/c31-24(28-17-6-7-20-21(14-17)26(33)19-4-2-1-3-18(19)25(20)32)15-38-27(34)16-5-8-22(23(13-16)30(35)36)29-9-11-37-12-10-29/h1-8,13-14H,9-12,15H2,(H,28,31). The number of fused-ring (bicyclic) bond motifs is 2. The second-order valence-corrected chi connectivity index (χ2v) is 8.65. The zero-order valence-electron chi connectivity index (χ0n) is 20.0. The van der Waals surface area contributed by atoms with Crippen molar-refractivity contribution in [2.75, 3.05) is 43.1 Å². The molecule has 0 spiro atoms. The molecule has 1 N–H and O–H groups in total. The predicted octanol–water partition coefficient (Wildman–Crippen LogP) is 3.00. The minimum Gasteiger partial charge on any atom is -0.452 e. The third-order valence-corrected chi connectivity index (χ3v) is 6.30. The SMILES string of the molecule is O=C(COC(=O)c1ccc(N2CCOCC2)c([N+](=O)[O-])c1)Nc1ccc2c(c1)C(=O)c1ccccc1C2=O. The molecule has 1 heterocycles. The molecule has 38 heavy (non-hydrogen) atoms. The number of nitrogens with one attached hydrogen (secondary N) is 1. The van der Waals surface area contributed by atoms with Crippen LogP contribution in [0.25, 0.3) is 0 Å². The molecule has 0 bridgehead atoms. The molecule has 0 saturated carbocycles. The number of nitro groups is 1. The van der Waals surface area contributed by atoms with Gasteiger partial charge in [-0.15, -0.1) is 0 Å². The summed E-state index contributed by atoms with van der Waals surface area (Å²) in [5.74, 6) is -2.21.